The lowest BCUT2D eigenvalue weighted by Crippen LogP contribution is -2.37. The summed E-state index contributed by atoms with van der Waals surface area (Å²) in [5.74, 6) is -0.515. The van der Waals surface area contributed by atoms with Crippen molar-refractivity contribution in [3.05, 3.63) is 105 Å². The molecule has 3 aromatic carbocycles. The number of phenols is 2. The quantitative estimate of drug-likeness (QED) is 0.345. The third kappa shape index (κ3) is 2.80. The summed E-state index contributed by atoms with van der Waals surface area (Å²) in [6.45, 7) is 0. The fraction of sp³-hybridized carbons (Fsp3) is 0.111. The zero-order chi connectivity index (χ0) is 24.4. The second-order valence-electron chi connectivity index (χ2n) is 8.67. The van der Waals surface area contributed by atoms with Gasteiger partial charge in [-0.1, -0.05) is 54.6 Å². The van der Waals surface area contributed by atoms with Gasteiger partial charge in [-0.15, -0.1) is 0 Å². The van der Waals surface area contributed by atoms with E-state index >= 15 is 0 Å². The molecule has 2 aromatic heterocycles. The lowest BCUT2D eigenvalue weighted by molar-refractivity contribution is 0.398. The van der Waals surface area contributed by atoms with Gasteiger partial charge in [0, 0.05) is 19.7 Å². The summed E-state index contributed by atoms with van der Waals surface area (Å²) >= 11 is 0. The third-order valence-electron chi connectivity index (χ3n) is 6.73. The Morgan fingerprint density at radius 1 is 0.829 bits per heavy atom. The number of para-hydroxylation sites is 3. The molecule has 5 aromatic rings. The number of phenolic OH excluding ortho intramolecular Hbond substituents is 2. The van der Waals surface area contributed by atoms with Gasteiger partial charge in [0.2, 0.25) is 0 Å². The molecule has 1 aliphatic rings. The van der Waals surface area contributed by atoms with E-state index in [2.05, 4.69) is 5.32 Å². The molecule has 1 atom stereocenters. The minimum absolute atomic E-state index is 0.251. The maximum atomic E-state index is 13.6. The first kappa shape index (κ1) is 20.9. The van der Waals surface area contributed by atoms with Gasteiger partial charge in [0.05, 0.1) is 39.7 Å². The van der Waals surface area contributed by atoms with Crippen LogP contribution in [0.4, 0.5) is 5.69 Å². The first-order valence-electron chi connectivity index (χ1n) is 11.2. The van der Waals surface area contributed by atoms with E-state index in [0.717, 1.165) is 21.5 Å². The fourth-order valence-corrected chi connectivity index (χ4v) is 5.10. The zero-order valence-corrected chi connectivity index (χ0v) is 19.1. The number of nitrogens with one attached hydrogen (secondary N) is 1. The molecule has 0 saturated carbocycles. The highest BCUT2D eigenvalue weighted by Crippen LogP contribution is 2.47. The van der Waals surface area contributed by atoms with Crippen LogP contribution in [0.3, 0.4) is 0 Å². The Balaban J connectivity index is 1.88. The predicted molar refractivity (Wildman–Crippen MR) is 134 cm³/mol. The van der Waals surface area contributed by atoms with Gasteiger partial charge in [-0.2, -0.15) is 0 Å². The van der Waals surface area contributed by atoms with Crippen LogP contribution in [0.15, 0.2) is 82.4 Å². The van der Waals surface area contributed by atoms with E-state index in [9.17, 15) is 19.8 Å². The normalized spacial score (nSPS) is 14.4. The van der Waals surface area contributed by atoms with Crippen molar-refractivity contribution in [2.24, 2.45) is 14.1 Å². The van der Waals surface area contributed by atoms with Crippen molar-refractivity contribution in [1.29, 1.82) is 0 Å². The molecular weight excluding hydrogens is 444 g/mol. The fourth-order valence-electron chi connectivity index (χ4n) is 5.10. The maximum Gasteiger partial charge on any atom is 0.331 e. The molecule has 35 heavy (non-hydrogen) atoms. The Kier molecular flexibility index (Phi) is 4.41. The van der Waals surface area contributed by atoms with Crippen LogP contribution in [0.2, 0.25) is 0 Å². The number of aromatic hydroxyl groups is 2. The highest BCUT2D eigenvalue weighted by molar-refractivity contribution is 5.99. The number of nitrogens with zero attached hydrogens (tertiary/aromatic N) is 3. The first-order valence-corrected chi connectivity index (χ1v) is 11.2. The molecule has 0 amide bonds. The van der Waals surface area contributed by atoms with Crippen molar-refractivity contribution < 1.29 is 10.2 Å². The summed E-state index contributed by atoms with van der Waals surface area (Å²) in [5, 5.41) is 24.9. The summed E-state index contributed by atoms with van der Waals surface area (Å²) in [4.78, 5) is 26.7. The topological polar surface area (TPSA) is 101 Å². The van der Waals surface area contributed by atoms with Crippen molar-refractivity contribution >= 4 is 16.6 Å². The first-order chi connectivity index (χ1) is 16.9. The molecule has 0 fully saturated rings. The van der Waals surface area contributed by atoms with Gasteiger partial charge in [-0.25, -0.2) is 4.79 Å². The van der Waals surface area contributed by atoms with Crippen LogP contribution in [-0.2, 0) is 14.1 Å². The predicted octanol–water partition coefficient (Wildman–Crippen LogP) is 3.62. The molecular formula is C27H22N4O4. The van der Waals surface area contributed by atoms with Crippen molar-refractivity contribution in [2.75, 3.05) is 5.32 Å². The van der Waals surface area contributed by atoms with Gasteiger partial charge in [0.1, 0.15) is 0 Å². The minimum Gasteiger partial charge on any atom is -0.504 e. The highest BCUT2D eigenvalue weighted by Gasteiger charge is 2.35. The molecule has 0 spiro atoms. The van der Waals surface area contributed by atoms with E-state index < -0.39 is 17.3 Å². The van der Waals surface area contributed by atoms with Gasteiger partial charge >= 0.3 is 5.69 Å². The zero-order valence-electron chi connectivity index (χ0n) is 19.1. The van der Waals surface area contributed by atoms with E-state index in [-0.39, 0.29) is 11.5 Å². The van der Waals surface area contributed by atoms with Crippen LogP contribution in [0.5, 0.6) is 11.5 Å². The monoisotopic (exact) mass is 466 g/mol. The number of fused-ring (bicyclic) bond motifs is 5. The van der Waals surface area contributed by atoms with E-state index in [4.69, 9.17) is 0 Å². The second-order valence-corrected chi connectivity index (χ2v) is 8.67. The summed E-state index contributed by atoms with van der Waals surface area (Å²) in [6, 6.07) is 21.4. The number of hydrogen-bond donors (Lipinski definition) is 3. The van der Waals surface area contributed by atoms with Gasteiger partial charge in [0.15, 0.2) is 11.5 Å². The maximum absolute atomic E-state index is 13.6. The van der Waals surface area contributed by atoms with E-state index in [1.807, 2.05) is 59.2 Å². The van der Waals surface area contributed by atoms with Crippen molar-refractivity contribution in [3.8, 4) is 28.4 Å². The van der Waals surface area contributed by atoms with Crippen molar-refractivity contribution in [1.82, 2.24) is 13.7 Å². The molecule has 3 heterocycles. The van der Waals surface area contributed by atoms with Gasteiger partial charge in [-0.05, 0) is 23.8 Å². The number of benzene rings is 3. The Morgan fingerprint density at radius 2 is 1.54 bits per heavy atom. The number of aryl methyl sites for hydroxylation is 1. The molecule has 0 aliphatic carbocycles. The number of hydrogen-bond acceptors (Lipinski definition) is 5. The number of anilines is 1. The second kappa shape index (κ2) is 7.39. The molecule has 1 unspecified atom stereocenters. The molecule has 0 bridgehead atoms. The lowest BCUT2D eigenvalue weighted by atomic mass is 9.98. The van der Waals surface area contributed by atoms with Crippen LogP contribution in [-0.4, -0.2) is 23.9 Å². The van der Waals surface area contributed by atoms with E-state index in [1.54, 1.807) is 19.2 Å². The van der Waals surface area contributed by atoms with Crippen molar-refractivity contribution in [2.45, 2.75) is 6.04 Å². The standard InChI is InChI=1S/C27H22N4O4/c1-29-23-20(26(34)30(2)27(29)35)22(15-9-4-3-5-10-15)31-18-13-7-6-12-17(18)28-21(24(23)31)16-11-8-14-19(32)25(16)33/h3-14,21,28,32-33H,1-2H3. The molecule has 1 aliphatic heterocycles. The van der Waals surface area contributed by atoms with E-state index in [0.29, 0.717) is 27.9 Å². The van der Waals surface area contributed by atoms with Crippen LogP contribution in [0.25, 0.3) is 27.8 Å². The summed E-state index contributed by atoms with van der Waals surface area (Å²) in [6.07, 6.45) is 0. The Bertz CT molecular complexity index is 1760. The van der Waals surface area contributed by atoms with Crippen LogP contribution in [0.1, 0.15) is 17.3 Å². The van der Waals surface area contributed by atoms with Gasteiger partial charge in [-0.3, -0.25) is 13.9 Å². The summed E-state index contributed by atoms with van der Waals surface area (Å²) in [5.41, 5.74) is 3.72. The smallest absolute Gasteiger partial charge is 0.331 e. The van der Waals surface area contributed by atoms with Crippen LogP contribution < -0.4 is 16.6 Å². The average Bonchev–Trinajstić information content (AvgIpc) is 3.24. The molecule has 8 heteroatoms. The summed E-state index contributed by atoms with van der Waals surface area (Å²) in [7, 11) is 3.11. The molecule has 8 nitrogen and oxygen atoms in total. The highest BCUT2D eigenvalue weighted by atomic mass is 16.3. The SMILES string of the molecule is Cn1c(=O)c2c(-c3ccccc3)n3c(c2n(C)c1=O)C(c1cccc(O)c1O)Nc1ccccc1-3. The third-order valence-corrected chi connectivity index (χ3v) is 6.73. The summed E-state index contributed by atoms with van der Waals surface area (Å²) < 4.78 is 4.57. The molecule has 0 saturated heterocycles. The van der Waals surface area contributed by atoms with Crippen LogP contribution in [0, 0.1) is 0 Å². The van der Waals surface area contributed by atoms with Gasteiger partial charge < -0.3 is 20.1 Å². The number of aromatic nitrogens is 3. The van der Waals surface area contributed by atoms with Crippen molar-refractivity contribution in [3.63, 3.8) is 0 Å². The lowest BCUT2D eigenvalue weighted by Gasteiger charge is -2.31. The largest absolute Gasteiger partial charge is 0.504 e. The Hall–Kier alpha value is -4.72. The molecule has 0 radical (unpaired) electrons. The number of rotatable bonds is 2. The molecule has 6 rings (SSSR count). The van der Waals surface area contributed by atoms with E-state index in [1.165, 1.54) is 17.7 Å². The average molecular weight is 466 g/mol. The molecule has 174 valence electrons. The Labute approximate surface area is 199 Å². The Morgan fingerprint density at radius 3 is 2.31 bits per heavy atom. The van der Waals surface area contributed by atoms with Crippen LogP contribution >= 0.6 is 0 Å². The van der Waals surface area contributed by atoms with Gasteiger partial charge in [0.25, 0.3) is 5.56 Å². The molecule has 3 N–H and O–H groups in total. The minimum atomic E-state index is -0.658.